The van der Waals surface area contributed by atoms with E-state index in [2.05, 4.69) is 20.3 Å². The maximum atomic E-state index is 12.4. The first kappa shape index (κ1) is 18.2. The van der Waals surface area contributed by atoms with Gasteiger partial charge < -0.3 is 14.8 Å². The molecule has 0 saturated heterocycles. The third-order valence-electron chi connectivity index (χ3n) is 3.83. The number of amides is 1. The first-order valence-corrected chi connectivity index (χ1v) is 8.39. The number of carbonyl (C=O) groups excluding carboxylic acids is 2. The Balaban J connectivity index is 1.72. The quantitative estimate of drug-likeness (QED) is 0.652. The molecular formula is C20H19N3O4. The molecule has 1 aromatic heterocycles. The molecule has 2 N–H and O–H groups in total. The number of aromatic nitrogens is 2. The van der Waals surface area contributed by atoms with Gasteiger partial charge in [0, 0.05) is 11.3 Å². The van der Waals surface area contributed by atoms with Crippen LogP contribution in [0.3, 0.4) is 0 Å². The van der Waals surface area contributed by atoms with Crippen LogP contribution >= 0.6 is 0 Å². The zero-order chi connectivity index (χ0) is 19.2. The van der Waals surface area contributed by atoms with E-state index in [4.69, 9.17) is 4.74 Å². The van der Waals surface area contributed by atoms with Crippen LogP contribution in [-0.2, 0) is 4.74 Å². The van der Waals surface area contributed by atoms with Gasteiger partial charge in [0.2, 0.25) is 0 Å². The molecule has 3 aromatic rings. The standard InChI is InChI=1S/C20H19N3O4/c1-3-27-16-9-7-13(8-10-16)17-12-18(23-22-17)19(24)21-15-6-4-5-14(11-15)20(25)26-2/h4-12H,3H2,1-2H3,(H,21,24)(H,22,23). The number of aromatic amines is 1. The minimum atomic E-state index is -0.467. The number of anilines is 1. The van der Waals surface area contributed by atoms with E-state index in [0.29, 0.717) is 29.2 Å². The molecule has 0 aliphatic rings. The van der Waals surface area contributed by atoms with Gasteiger partial charge >= 0.3 is 5.97 Å². The van der Waals surface area contributed by atoms with Crippen LogP contribution < -0.4 is 10.1 Å². The lowest BCUT2D eigenvalue weighted by Crippen LogP contribution is -2.13. The Bertz CT molecular complexity index is 948. The molecule has 3 rings (SSSR count). The number of ether oxygens (including phenoxy) is 2. The van der Waals surface area contributed by atoms with Crippen molar-refractivity contribution in [2.75, 3.05) is 19.0 Å². The van der Waals surface area contributed by atoms with Crippen molar-refractivity contribution in [3.8, 4) is 17.0 Å². The van der Waals surface area contributed by atoms with Crippen LogP contribution in [0.15, 0.2) is 54.6 Å². The lowest BCUT2D eigenvalue weighted by Gasteiger charge is -2.05. The summed E-state index contributed by atoms with van der Waals surface area (Å²) in [6.07, 6.45) is 0. The molecule has 0 atom stereocenters. The number of methoxy groups -OCH3 is 1. The van der Waals surface area contributed by atoms with E-state index in [0.717, 1.165) is 11.3 Å². The number of nitrogens with zero attached hydrogens (tertiary/aromatic N) is 1. The molecule has 0 bridgehead atoms. The number of benzene rings is 2. The molecular weight excluding hydrogens is 346 g/mol. The van der Waals surface area contributed by atoms with Gasteiger partial charge in [0.25, 0.3) is 5.91 Å². The third-order valence-corrected chi connectivity index (χ3v) is 3.83. The van der Waals surface area contributed by atoms with Crippen molar-refractivity contribution in [2.24, 2.45) is 0 Å². The van der Waals surface area contributed by atoms with E-state index in [1.54, 1.807) is 30.3 Å². The zero-order valence-corrected chi connectivity index (χ0v) is 15.0. The van der Waals surface area contributed by atoms with Crippen LogP contribution in [0, 0.1) is 0 Å². The summed E-state index contributed by atoms with van der Waals surface area (Å²) in [5.74, 6) is -0.0487. The summed E-state index contributed by atoms with van der Waals surface area (Å²) >= 11 is 0. The van der Waals surface area contributed by atoms with Crippen molar-refractivity contribution in [2.45, 2.75) is 6.92 Å². The second-order valence-electron chi connectivity index (χ2n) is 5.65. The fourth-order valence-electron chi connectivity index (χ4n) is 2.51. The summed E-state index contributed by atoms with van der Waals surface area (Å²) in [5.41, 5.74) is 2.66. The average molecular weight is 365 g/mol. The number of esters is 1. The van der Waals surface area contributed by atoms with Gasteiger partial charge in [-0.05, 0) is 55.5 Å². The molecule has 0 aliphatic carbocycles. The fraction of sp³-hybridized carbons (Fsp3) is 0.150. The minimum absolute atomic E-state index is 0.308. The van der Waals surface area contributed by atoms with Gasteiger partial charge in [-0.2, -0.15) is 5.10 Å². The van der Waals surface area contributed by atoms with Gasteiger partial charge in [-0.15, -0.1) is 0 Å². The summed E-state index contributed by atoms with van der Waals surface area (Å²) in [4.78, 5) is 24.0. The van der Waals surface area contributed by atoms with Gasteiger partial charge in [0.15, 0.2) is 0 Å². The number of hydrogen-bond acceptors (Lipinski definition) is 5. The summed E-state index contributed by atoms with van der Waals surface area (Å²) in [7, 11) is 1.31. The topological polar surface area (TPSA) is 93.3 Å². The molecule has 0 unspecified atom stereocenters. The van der Waals surface area contributed by atoms with Gasteiger partial charge in [0.1, 0.15) is 11.4 Å². The number of rotatable bonds is 6. The molecule has 2 aromatic carbocycles. The van der Waals surface area contributed by atoms with Gasteiger partial charge in [-0.25, -0.2) is 4.79 Å². The van der Waals surface area contributed by atoms with Crippen molar-refractivity contribution in [1.82, 2.24) is 10.2 Å². The van der Waals surface area contributed by atoms with E-state index in [1.165, 1.54) is 7.11 Å². The molecule has 7 heteroatoms. The number of carbonyl (C=O) groups is 2. The average Bonchev–Trinajstić information content (AvgIpc) is 3.19. The largest absolute Gasteiger partial charge is 0.494 e. The molecule has 0 radical (unpaired) electrons. The zero-order valence-electron chi connectivity index (χ0n) is 15.0. The van der Waals surface area contributed by atoms with Crippen LogP contribution in [0.4, 0.5) is 5.69 Å². The lowest BCUT2D eigenvalue weighted by atomic mass is 10.1. The fourth-order valence-corrected chi connectivity index (χ4v) is 2.51. The molecule has 0 spiro atoms. The van der Waals surface area contributed by atoms with E-state index in [-0.39, 0.29) is 5.91 Å². The molecule has 27 heavy (non-hydrogen) atoms. The predicted molar refractivity (Wildman–Crippen MR) is 101 cm³/mol. The maximum absolute atomic E-state index is 12.4. The second-order valence-corrected chi connectivity index (χ2v) is 5.65. The highest BCUT2D eigenvalue weighted by molar-refractivity contribution is 6.04. The SMILES string of the molecule is CCOc1ccc(-c2cc(C(=O)Nc3cccc(C(=O)OC)c3)[nH]n2)cc1. The van der Waals surface area contributed by atoms with Crippen LogP contribution in [-0.4, -0.2) is 35.8 Å². The normalized spacial score (nSPS) is 10.3. The van der Waals surface area contributed by atoms with Crippen LogP contribution in [0.5, 0.6) is 5.75 Å². The monoisotopic (exact) mass is 365 g/mol. The molecule has 1 amide bonds. The number of nitrogens with one attached hydrogen (secondary N) is 2. The van der Waals surface area contributed by atoms with Crippen LogP contribution in [0.2, 0.25) is 0 Å². The van der Waals surface area contributed by atoms with Crippen LogP contribution in [0.25, 0.3) is 11.3 Å². The maximum Gasteiger partial charge on any atom is 0.337 e. The highest BCUT2D eigenvalue weighted by atomic mass is 16.5. The molecule has 0 saturated carbocycles. The van der Waals surface area contributed by atoms with Crippen molar-refractivity contribution in [1.29, 1.82) is 0 Å². The van der Waals surface area contributed by atoms with E-state index < -0.39 is 5.97 Å². The predicted octanol–water partition coefficient (Wildman–Crippen LogP) is 3.51. The molecule has 0 fully saturated rings. The minimum Gasteiger partial charge on any atom is -0.494 e. The van der Waals surface area contributed by atoms with E-state index >= 15 is 0 Å². The Morgan fingerprint density at radius 2 is 1.89 bits per heavy atom. The van der Waals surface area contributed by atoms with Gasteiger partial charge in [-0.1, -0.05) is 6.07 Å². The smallest absolute Gasteiger partial charge is 0.337 e. The Hall–Kier alpha value is -3.61. The van der Waals surface area contributed by atoms with E-state index in [9.17, 15) is 9.59 Å². The van der Waals surface area contributed by atoms with Crippen molar-refractivity contribution >= 4 is 17.6 Å². The summed E-state index contributed by atoms with van der Waals surface area (Å²) in [6.45, 7) is 2.52. The van der Waals surface area contributed by atoms with Crippen molar-refractivity contribution < 1.29 is 19.1 Å². The Morgan fingerprint density at radius 1 is 1.11 bits per heavy atom. The summed E-state index contributed by atoms with van der Waals surface area (Å²) in [6, 6.07) is 15.6. The molecule has 0 aliphatic heterocycles. The molecule has 138 valence electrons. The summed E-state index contributed by atoms with van der Waals surface area (Å²) < 4.78 is 10.1. The Kier molecular flexibility index (Phi) is 5.51. The summed E-state index contributed by atoms with van der Waals surface area (Å²) in [5, 5.41) is 9.64. The van der Waals surface area contributed by atoms with Gasteiger partial charge in [-0.3, -0.25) is 9.89 Å². The highest BCUT2D eigenvalue weighted by Crippen LogP contribution is 2.22. The molecule has 7 nitrogen and oxygen atoms in total. The second kappa shape index (κ2) is 8.18. The number of H-pyrrole nitrogens is 1. The van der Waals surface area contributed by atoms with Crippen LogP contribution in [0.1, 0.15) is 27.8 Å². The first-order chi connectivity index (χ1) is 13.1. The molecule has 1 heterocycles. The Morgan fingerprint density at radius 3 is 2.59 bits per heavy atom. The first-order valence-electron chi connectivity index (χ1n) is 8.39. The Labute approximate surface area is 156 Å². The van der Waals surface area contributed by atoms with Gasteiger partial charge in [0.05, 0.1) is 25.0 Å². The highest BCUT2D eigenvalue weighted by Gasteiger charge is 2.13. The number of hydrogen-bond donors (Lipinski definition) is 2. The van der Waals surface area contributed by atoms with Crippen molar-refractivity contribution in [3.05, 3.63) is 65.9 Å². The lowest BCUT2D eigenvalue weighted by molar-refractivity contribution is 0.0600. The third kappa shape index (κ3) is 4.33. The van der Waals surface area contributed by atoms with Crippen molar-refractivity contribution in [3.63, 3.8) is 0 Å². The van der Waals surface area contributed by atoms with E-state index in [1.807, 2.05) is 31.2 Å².